The molecule has 7 heteroatoms. The van der Waals surface area contributed by atoms with Gasteiger partial charge in [-0.05, 0) is 12.1 Å². The van der Waals surface area contributed by atoms with Gasteiger partial charge in [-0.25, -0.2) is 0 Å². The number of hydrogen-bond acceptors (Lipinski definition) is 3. The molecule has 1 radical (unpaired) electrons. The summed E-state index contributed by atoms with van der Waals surface area (Å²) in [6, 6.07) is 2.82. The second-order valence-electron chi connectivity index (χ2n) is 3.37. The van der Waals surface area contributed by atoms with Crippen molar-refractivity contribution >= 4 is 5.69 Å². The van der Waals surface area contributed by atoms with Gasteiger partial charge >= 0.3 is 6.36 Å². The van der Waals surface area contributed by atoms with Gasteiger partial charge in [0.1, 0.15) is 5.75 Å². The van der Waals surface area contributed by atoms with Gasteiger partial charge in [-0.15, -0.1) is 19.8 Å². The van der Waals surface area contributed by atoms with Crippen LogP contribution >= 0.6 is 0 Å². The Kier molecular flexibility index (Phi) is 3.95. The van der Waals surface area contributed by atoms with E-state index in [0.29, 0.717) is 5.92 Å². The van der Waals surface area contributed by atoms with Gasteiger partial charge in [0.25, 0.3) is 5.69 Å². The largest absolute Gasteiger partial charge is 0.573 e. The quantitative estimate of drug-likeness (QED) is 0.613. The lowest BCUT2D eigenvalue weighted by atomic mass is 9.99. The van der Waals surface area contributed by atoms with Crippen molar-refractivity contribution in [1.82, 2.24) is 0 Å². The minimum atomic E-state index is -4.84. The molecule has 1 aromatic carbocycles. The molecule has 0 heterocycles. The number of nitro benzene ring substituents is 1. The molecule has 1 aromatic rings. The van der Waals surface area contributed by atoms with Gasteiger partial charge in [0.2, 0.25) is 0 Å². The zero-order valence-corrected chi connectivity index (χ0v) is 9.32. The standard InChI is InChI=1S/C11H9F3NO3/c1-3-7(2)9-6-8(18-11(12,13)14)4-5-10(9)15(16)17/h3-6H,1H2,2H3. The van der Waals surface area contributed by atoms with E-state index in [1.54, 1.807) is 0 Å². The third kappa shape index (κ3) is 3.47. The maximum absolute atomic E-state index is 12.0. The molecule has 0 bridgehead atoms. The maximum Gasteiger partial charge on any atom is 0.573 e. The first-order valence-electron chi connectivity index (χ1n) is 4.75. The van der Waals surface area contributed by atoms with Crippen LogP contribution < -0.4 is 4.74 Å². The fourth-order valence-corrected chi connectivity index (χ4v) is 1.30. The Morgan fingerprint density at radius 2 is 2.11 bits per heavy atom. The van der Waals surface area contributed by atoms with Crippen LogP contribution in [-0.2, 0) is 0 Å². The predicted molar refractivity (Wildman–Crippen MR) is 58.0 cm³/mol. The molecular formula is C11H9F3NO3. The Morgan fingerprint density at radius 3 is 2.56 bits per heavy atom. The third-order valence-corrected chi connectivity index (χ3v) is 2.13. The lowest BCUT2D eigenvalue weighted by Gasteiger charge is -2.12. The summed E-state index contributed by atoms with van der Waals surface area (Å²) in [5.41, 5.74) is -0.265. The van der Waals surface area contributed by atoms with Crippen LogP contribution in [0.3, 0.4) is 0 Å². The van der Waals surface area contributed by atoms with Crippen LogP contribution in [0.25, 0.3) is 0 Å². The average molecular weight is 260 g/mol. The van der Waals surface area contributed by atoms with Crippen molar-refractivity contribution in [2.45, 2.75) is 13.3 Å². The molecule has 0 aliphatic heterocycles. The summed E-state index contributed by atoms with van der Waals surface area (Å²) < 4.78 is 39.8. The second kappa shape index (κ2) is 5.07. The number of hydrogen-bond donors (Lipinski definition) is 0. The van der Waals surface area contributed by atoms with Crippen molar-refractivity contribution in [3.63, 3.8) is 0 Å². The Bertz CT molecular complexity index is 471. The topological polar surface area (TPSA) is 52.4 Å². The highest BCUT2D eigenvalue weighted by molar-refractivity contribution is 5.54. The Balaban J connectivity index is 3.21. The summed E-state index contributed by atoms with van der Waals surface area (Å²) in [7, 11) is 0. The molecule has 0 saturated heterocycles. The number of rotatable bonds is 4. The Hall–Kier alpha value is -2.05. The summed E-state index contributed by atoms with van der Waals surface area (Å²) in [6.07, 6.45) is -3.52. The van der Waals surface area contributed by atoms with E-state index in [2.05, 4.69) is 11.3 Å². The van der Waals surface area contributed by atoms with Gasteiger partial charge in [0.05, 0.1) is 4.92 Å². The van der Waals surface area contributed by atoms with Crippen LogP contribution in [0.5, 0.6) is 5.75 Å². The molecule has 4 nitrogen and oxygen atoms in total. The van der Waals surface area contributed by atoms with Crippen molar-refractivity contribution in [3.8, 4) is 5.75 Å². The molecule has 97 valence electrons. The summed E-state index contributed by atoms with van der Waals surface area (Å²) in [5.74, 6) is -0.126. The fourth-order valence-electron chi connectivity index (χ4n) is 1.30. The van der Waals surface area contributed by atoms with Crippen molar-refractivity contribution in [2.75, 3.05) is 0 Å². The zero-order chi connectivity index (χ0) is 13.9. The number of alkyl halides is 3. The number of nitrogens with zero attached hydrogens (tertiary/aromatic N) is 1. The first kappa shape index (κ1) is 14.0. The first-order valence-corrected chi connectivity index (χ1v) is 4.75. The molecule has 18 heavy (non-hydrogen) atoms. The first-order chi connectivity index (χ1) is 8.24. The molecular weight excluding hydrogens is 251 g/mol. The molecule has 0 aliphatic carbocycles. The number of nitro groups is 1. The van der Waals surface area contributed by atoms with E-state index in [9.17, 15) is 23.3 Å². The molecule has 0 unspecified atom stereocenters. The maximum atomic E-state index is 12.0. The van der Waals surface area contributed by atoms with Crippen LogP contribution in [0, 0.1) is 16.0 Å². The van der Waals surface area contributed by atoms with Crippen molar-refractivity contribution in [3.05, 3.63) is 52.4 Å². The van der Waals surface area contributed by atoms with Crippen molar-refractivity contribution < 1.29 is 22.8 Å². The molecule has 0 aromatic heterocycles. The van der Waals surface area contributed by atoms with Gasteiger partial charge in [-0.2, -0.15) is 0 Å². The van der Waals surface area contributed by atoms with E-state index in [-0.39, 0.29) is 11.3 Å². The minimum absolute atomic E-state index is 0.0387. The number of halogens is 3. The molecule has 1 rings (SSSR count). The average Bonchev–Trinajstić information content (AvgIpc) is 2.25. The van der Waals surface area contributed by atoms with Crippen LogP contribution in [0.1, 0.15) is 12.5 Å². The summed E-state index contributed by atoms with van der Waals surface area (Å²) in [6.45, 7) is 4.93. The van der Waals surface area contributed by atoms with E-state index in [4.69, 9.17) is 0 Å². The fraction of sp³-hybridized carbons (Fsp3) is 0.182. The predicted octanol–water partition coefficient (Wildman–Crippen LogP) is 3.62. The minimum Gasteiger partial charge on any atom is -0.406 e. The van der Waals surface area contributed by atoms with E-state index in [1.807, 2.05) is 0 Å². The van der Waals surface area contributed by atoms with Gasteiger partial charge in [0.15, 0.2) is 0 Å². The number of ether oxygens (including phenoxy) is 1. The van der Waals surface area contributed by atoms with Gasteiger partial charge in [-0.3, -0.25) is 10.1 Å². The summed E-state index contributed by atoms with van der Waals surface area (Å²) in [5, 5.41) is 10.7. The van der Waals surface area contributed by atoms with Gasteiger partial charge < -0.3 is 4.74 Å². The van der Waals surface area contributed by atoms with Crippen LogP contribution in [0.15, 0.2) is 30.9 Å². The van der Waals surface area contributed by atoms with Crippen LogP contribution in [0.4, 0.5) is 18.9 Å². The Labute approximate surface area is 101 Å². The van der Waals surface area contributed by atoms with Crippen LogP contribution in [-0.4, -0.2) is 11.3 Å². The Morgan fingerprint density at radius 1 is 1.50 bits per heavy atom. The molecule has 0 aliphatic rings. The normalized spacial score (nSPS) is 11.4. The third-order valence-electron chi connectivity index (χ3n) is 2.13. The van der Waals surface area contributed by atoms with Crippen molar-refractivity contribution in [1.29, 1.82) is 0 Å². The molecule has 0 fully saturated rings. The van der Waals surface area contributed by atoms with E-state index >= 15 is 0 Å². The SMILES string of the molecule is C=C[C](C)c1cc(OC(F)(F)F)ccc1[N+](=O)[O-]. The van der Waals surface area contributed by atoms with Gasteiger partial charge in [0, 0.05) is 17.5 Å². The van der Waals surface area contributed by atoms with Crippen molar-refractivity contribution in [2.24, 2.45) is 0 Å². The van der Waals surface area contributed by atoms with E-state index in [1.165, 1.54) is 13.0 Å². The smallest absolute Gasteiger partial charge is 0.406 e. The summed E-state index contributed by atoms with van der Waals surface area (Å²) in [4.78, 5) is 10.1. The highest BCUT2D eigenvalue weighted by Crippen LogP contribution is 2.32. The molecule has 0 N–H and O–H groups in total. The highest BCUT2D eigenvalue weighted by Gasteiger charge is 2.32. The van der Waals surface area contributed by atoms with Crippen LogP contribution in [0.2, 0.25) is 0 Å². The lowest BCUT2D eigenvalue weighted by Crippen LogP contribution is -2.17. The molecule has 0 amide bonds. The molecule has 0 spiro atoms. The zero-order valence-electron chi connectivity index (χ0n) is 9.32. The van der Waals surface area contributed by atoms with E-state index < -0.39 is 17.0 Å². The monoisotopic (exact) mass is 260 g/mol. The summed E-state index contributed by atoms with van der Waals surface area (Å²) >= 11 is 0. The number of allylic oxidation sites excluding steroid dienone is 1. The van der Waals surface area contributed by atoms with Gasteiger partial charge in [-0.1, -0.05) is 13.0 Å². The highest BCUT2D eigenvalue weighted by atomic mass is 19.4. The molecule has 0 atom stereocenters. The number of benzene rings is 1. The molecule has 0 saturated carbocycles. The van der Waals surface area contributed by atoms with E-state index in [0.717, 1.165) is 18.2 Å². The second-order valence-corrected chi connectivity index (χ2v) is 3.37. The lowest BCUT2D eigenvalue weighted by molar-refractivity contribution is -0.385.